The summed E-state index contributed by atoms with van der Waals surface area (Å²) in [4.78, 5) is 12.0. The number of nitrogens with two attached hydrogens (primary N) is 1. The van der Waals surface area contributed by atoms with Gasteiger partial charge in [-0.3, -0.25) is 4.79 Å². The Bertz CT molecular complexity index is 313. The van der Waals surface area contributed by atoms with Gasteiger partial charge in [-0.2, -0.15) is 0 Å². The summed E-state index contributed by atoms with van der Waals surface area (Å²) in [5, 5.41) is 0. The zero-order chi connectivity index (χ0) is 11.5. The van der Waals surface area contributed by atoms with Gasteiger partial charge in [0.1, 0.15) is 0 Å². The summed E-state index contributed by atoms with van der Waals surface area (Å²) in [7, 11) is 1.48. The Kier molecular flexibility index (Phi) is 2.01. The van der Waals surface area contributed by atoms with Gasteiger partial charge in [-0.15, -0.1) is 0 Å². The first-order chi connectivity index (χ1) is 6.82. The molecule has 0 aromatic heterocycles. The maximum absolute atomic E-state index is 12.0. The summed E-state index contributed by atoms with van der Waals surface area (Å²) in [6, 6.07) is 0.125. The number of esters is 1. The molecule has 3 heteroatoms. The Morgan fingerprint density at radius 2 is 1.93 bits per heavy atom. The minimum Gasteiger partial charge on any atom is -0.469 e. The average molecular weight is 211 g/mol. The second kappa shape index (κ2) is 2.76. The van der Waals surface area contributed by atoms with E-state index < -0.39 is 0 Å². The number of hydrogen-bond donors (Lipinski definition) is 1. The third-order valence-electron chi connectivity index (χ3n) is 5.66. The molecule has 0 saturated heterocycles. The molecule has 0 aromatic carbocycles. The molecule has 0 radical (unpaired) electrons. The van der Waals surface area contributed by atoms with Crippen molar-refractivity contribution in [2.45, 2.75) is 46.1 Å². The van der Waals surface area contributed by atoms with E-state index in [9.17, 15) is 4.79 Å². The van der Waals surface area contributed by atoms with Crippen molar-refractivity contribution >= 4 is 5.97 Å². The molecule has 2 saturated carbocycles. The van der Waals surface area contributed by atoms with Crippen LogP contribution in [0.5, 0.6) is 0 Å². The zero-order valence-corrected chi connectivity index (χ0v) is 10.1. The molecule has 2 bridgehead atoms. The van der Waals surface area contributed by atoms with Crippen molar-refractivity contribution in [3.63, 3.8) is 0 Å². The SMILES string of the molecule is COC(=O)[C@@]12CC[C@@](C)([C@@H](N)C1)C2(C)C. The minimum atomic E-state index is -0.337. The lowest BCUT2D eigenvalue weighted by Crippen LogP contribution is -2.42. The fourth-order valence-electron chi connectivity index (χ4n) is 3.89. The molecule has 0 amide bonds. The van der Waals surface area contributed by atoms with Crippen LogP contribution < -0.4 is 5.73 Å². The first-order valence-electron chi connectivity index (χ1n) is 5.66. The van der Waals surface area contributed by atoms with Crippen LogP contribution in [0.1, 0.15) is 40.0 Å². The van der Waals surface area contributed by atoms with Gasteiger partial charge in [-0.1, -0.05) is 20.8 Å². The molecule has 3 nitrogen and oxygen atoms in total. The lowest BCUT2D eigenvalue weighted by Gasteiger charge is -2.39. The average Bonchev–Trinajstić information content (AvgIpc) is 2.47. The highest BCUT2D eigenvalue weighted by molar-refractivity contribution is 5.79. The van der Waals surface area contributed by atoms with E-state index in [2.05, 4.69) is 20.8 Å². The zero-order valence-electron chi connectivity index (χ0n) is 10.1. The van der Waals surface area contributed by atoms with Crippen molar-refractivity contribution in [3.8, 4) is 0 Å². The second-order valence-electron chi connectivity index (χ2n) is 5.93. The summed E-state index contributed by atoms with van der Waals surface area (Å²) in [6.45, 7) is 6.56. The smallest absolute Gasteiger partial charge is 0.312 e. The van der Waals surface area contributed by atoms with Crippen molar-refractivity contribution in [3.05, 3.63) is 0 Å². The monoisotopic (exact) mass is 211 g/mol. The van der Waals surface area contributed by atoms with E-state index in [1.165, 1.54) is 7.11 Å². The summed E-state index contributed by atoms with van der Waals surface area (Å²) < 4.78 is 4.99. The van der Waals surface area contributed by atoms with Gasteiger partial charge in [0.25, 0.3) is 0 Å². The van der Waals surface area contributed by atoms with Crippen LogP contribution in [0.15, 0.2) is 0 Å². The predicted octanol–water partition coefficient (Wildman–Crippen LogP) is 1.70. The normalized spacial score (nSPS) is 46.9. The van der Waals surface area contributed by atoms with Crippen LogP contribution in [0.4, 0.5) is 0 Å². The van der Waals surface area contributed by atoms with Gasteiger partial charge < -0.3 is 10.5 Å². The molecule has 2 rings (SSSR count). The van der Waals surface area contributed by atoms with E-state index >= 15 is 0 Å². The van der Waals surface area contributed by atoms with Gasteiger partial charge >= 0.3 is 5.97 Å². The van der Waals surface area contributed by atoms with Crippen LogP contribution in [0.3, 0.4) is 0 Å². The van der Waals surface area contributed by atoms with E-state index in [1.807, 2.05) is 0 Å². The van der Waals surface area contributed by atoms with Gasteiger partial charge in [0.15, 0.2) is 0 Å². The predicted molar refractivity (Wildman–Crippen MR) is 58.2 cm³/mol. The van der Waals surface area contributed by atoms with Crippen molar-refractivity contribution in [1.82, 2.24) is 0 Å². The number of hydrogen-bond acceptors (Lipinski definition) is 3. The van der Waals surface area contributed by atoms with Crippen LogP contribution in [-0.2, 0) is 9.53 Å². The summed E-state index contributed by atoms with van der Waals surface area (Å²) in [5.74, 6) is -0.0656. The highest BCUT2D eigenvalue weighted by Gasteiger charge is 2.72. The summed E-state index contributed by atoms with van der Waals surface area (Å²) in [6.07, 6.45) is 2.75. The van der Waals surface area contributed by atoms with Gasteiger partial charge in [-0.05, 0) is 30.1 Å². The Morgan fingerprint density at radius 3 is 2.27 bits per heavy atom. The molecule has 2 aliphatic rings. The third-order valence-corrected chi connectivity index (χ3v) is 5.66. The van der Waals surface area contributed by atoms with E-state index in [1.54, 1.807) is 0 Å². The largest absolute Gasteiger partial charge is 0.469 e. The molecular weight excluding hydrogens is 190 g/mol. The highest BCUT2D eigenvalue weighted by atomic mass is 16.5. The van der Waals surface area contributed by atoms with Crippen molar-refractivity contribution in [1.29, 1.82) is 0 Å². The van der Waals surface area contributed by atoms with Crippen LogP contribution >= 0.6 is 0 Å². The molecular formula is C12H21NO2. The van der Waals surface area contributed by atoms with Gasteiger partial charge in [0.05, 0.1) is 12.5 Å². The van der Waals surface area contributed by atoms with E-state index in [0.717, 1.165) is 19.3 Å². The molecule has 3 atom stereocenters. The molecule has 0 spiro atoms. The van der Waals surface area contributed by atoms with Crippen LogP contribution in [-0.4, -0.2) is 19.1 Å². The molecule has 2 aliphatic carbocycles. The first kappa shape index (κ1) is 10.9. The summed E-state index contributed by atoms with van der Waals surface area (Å²) in [5.41, 5.74) is 5.90. The number of methoxy groups -OCH3 is 1. The molecule has 0 unspecified atom stereocenters. The molecule has 2 fully saturated rings. The van der Waals surface area contributed by atoms with Gasteiger partial charge in [0, 0.05) is 6.04 Å². The Morgan fingerprint density at radius 1 is 1.33 bits per heavy atom. The number of carbonyl (C=O) groups excluding carboxylic acids is 1. The van der Waals surface area contributed by atoms with Crippen molar-refractivity contribution in [2.75, 3.05) is 7.11 Å². The number of ether oxygens (including phenoxy) is 1. The Balaban J connectivity index is 2.49. The molecule has 0 heterocycles. The lowest BCUT2D eigenvalue weighted by molar-refractivity contribution is -0.158. The van der Waals surface area contributed by atoms with Crippen LogP contribution in [0, 0.1) is 16.2 Å². The van der Waals surface area contributed by atoms with E-state index in [-0.39, 0.29) is 28.3 Å². The van der Waals surface area contributed by atoms with Gasteiger partial charge in [-0.25, -0.2) is 0 Å². The van der Waals surface area contributed by atoms with Crippen LogP contribution in [0.25, 0.3) is 0 Å². The molecule has 0 aliphatic heterocycles. The van der Waals surface area contributed by atoms with Crippen molar-refractivity contribution < 1.29 is 9.53 Å². The molecule has 0 aromatic rings. The van der Waals surface area contributed by atoms with Gasteiger partial charge in [0.2, 0.25) is 0 Å². The topological polar surface area (TPSA) is 52.3 Å². The molecule has 2 N–H and O–H groups in total. The fraction of sp³-hybridized carbons (Fsp3) is 0.917. The second-order valence-corrected chi connectivity index (χ2v) is 5.93. The molecule has 15 heavy (non-hydrogen) atoms. The molecule has 86 valence electrons. The standard InChI is InChI=1S/C12H21NO2/c1-10(2)11(3)5-6-12(10,7-8(11)13)9(14)15-4/h8H,5-7,13H2,1-4H3/t8-,11-,12+/m0/s1. The lowest BCUT2D eigenvalue weighted by atomic mass is 9.65. The maximum atomic E-state index is 12.0. The van der Waals surface area contributed by atoms with E-state index in [0.29, 0.717) is 0 Å². The summed E-state index contributed by atoms with van der Waals surface area (Å²) >= 11 is 0. The highest BCUT2D eigenvalue weighted by Crippen LogP contribution is 2.71. The maximum Gasteiger partial charge on any atom is 0.312 e. The Labute approximate surface area is 91.4 Å². The third kappa shape index (κ3) is 0.930. The fourth-order valence-corrected chi connectivity index (χ4v) is 3.89. The number of fused-ring (bicyclic) bond motifs is 2. The number of rotatable bonds is 1. The quantitative estimate of drug-likeness (QED) is 0.672. The minimum absolute atomic E-state index is 0.0491. The first-order valence-corrected chi connectivity index (χ1v) is 5.66. The van der Waals surface area contributed by atoms with E-state index in [4.69, 9.17) is 10.5 Å². The van der Waals surface area contributed by atoms with Crippen LogP contribution in [0.2, 0.25) is 0 Å². The number of carbonyl (C=O) groups is 1. The van der Waals surface area contributed by atoms with Crippen molar-refractivity contribution in [2.24, 2.45) is 22.0 Å². The Hall–Kier alpha value is -0.570.